The van der Waals surface area contributed by atoms with Gasteiger partial charge in [0.05, 0.1) is 0 Å². The average molecular weight is 795 g/mol. The third-order valence-electron chi connectivity index (χ3n) is 12.4. The number of nitrogens with zero attached hydrogens (tertiary/aromatic N) is 2. The smallest absolute Gasteiger partial charge is 0.0488 e. The number of hydrogen-bond acceptors (Lipinski definition) is 2. The van der Waals surface area contributed by atoms with Crippen molar-refractivity contribution in [2.45, 2.75) is 64.2 Å². The molecule has 6 aromatic carbocycles. The lowest BCUT2D eigenvalue weighted by Crippen LogP contribution is -2.29. The number of aryl methyl sites for hydroxylation is 2. The van der Waals surface area contributed by atoms with Gasteiger partial charge in [-0.15, -0.1) is 0 Å². The first kappa shape index (κ1) is 32.8. The zero-order valence-electron chi connectivity index (χ0n) is 29.7. The summed E-state index contributed by atoms with van der Waals surface area (Å²) in [7, 11) is 0. The number of fused-ring (bicyclic) bond motifs is 4. The summed E-state index contributed by atoms with van der Waals surface area (Å²) < 4.78 is 2.12. The van der Waals surface area contributed by atoms with Gasteiger partial charge in [0.2, 0.25) is 0 Å². The highest BCUT2D eigenvalue weighted by Gasteiger charge is 2.72. The summed E-state index contributed by atoms with van der Waals surface area (Å²) in [6.45, 7) is 9.37. The zero-order chi connectivity index (χ0) is 35.1. The van der Waals surface area contributed by atoms with E-state index in [0.29, 0.717) is 10.8 Å². The second-order valence-electron chi connectivity index (χ2n) is 15.8. The molecule has 3 atom stereocenters. The minimum atomic E-state index is 0.249. The number of benzene rings is 6. The summed E-state index contributed by atoms with van der Waals surface area (Å²) in [5.74, 6) is 0. The topological polar surface area (TPSA) is 6.48 Å². The van der Waals surface area contributed by atoms with Crippen molar-refractivity contribution in [1.82, 2.24) is 0 Å². The van der Waals surface area contributed by atoms with Crippen molar-refractivity contribution in [1.29, 1.82) is 0 Å². The van der Waals surface area contributed by atoms with Crippen molar-refractivity contribution in [3.05, 3.63) is 165 Å². The first-order valence-corrected chi connectivity index (χ1v) is 19.7. The van der Waals surface area contributed by atoms with Crippen LogP contribution in [0.3, 0.4) is 0 Å². The summed E-state index contributed by atoms with van der Waals surface area (Å²) in [5.41, 5.74) is 16.0. The summed E-state index contributed by atoms with van der Waals surface area (Å²) in [5, 5.41) is 0. The van der Waals surface area contributed by atoms with Crippen molar-refractivity contribution in [3.63, 3.8) is 0 Å². The molecule has 254 valence electrons. The molecule has 0 heterocycles. The van der Waals surface area contributed by atoms with E-state index in [1.54, 1.807) is 11.1 Å². The molecule has 0 aliphatic heterocycles. The monoisotopic (exact) mass is 792 g/mol. The minimum absolute atomic E-state index is 0.249. The van der Waals surface area contributed by atoms with Gasteiger partial charge in [-0.25, -0.2) is 0 Å². The second-order valence-corrected chi connectivity index (χ2v) is 17.7. The van der Waals surface area contributed by atoms with E-state index < -0.39 is 0 Å². The molecule has 2 bridgehead atoms. The maximum Gasteiger partial charge on any atom is 0.0488 e. The predicted molar refractivity (Wildman–Crippen MR) is 222 cm³/mol. The molecule has 0 N–H and O–H groups in total. The van der Waals surface area contributed by atoms with Crippen LogP contribution in [-0.2, 0) is 10.8 Å². The van der Waals surface area contributed by atoms with Gasteiger partial charge in [0.25, 0.3) is 0 Å². The Morgan fingerprint density at radius 2 is 0.922 bits per heavy atom. The average Bonchev–Trinajstić information content (AvgIpc) is 3.60. The van der Waals surface area contributed by atoms with Gasteiger partial charge in [0.1, 0.15) is 0 Å². The largest absolute Gasteiger partial charge is 0.310 e. The van der Waals surface area contributed by atoms with Gasteiger partial charge in [-0.2, -0.15) is 0 Å². The standard InChI is InChI=1S/C47H42Br2N2/c1-31-5-14-37(15-6-31)50(38-16-7-32(2)8-17-38)41-25-34(33-9-22-43-44(27-33)45(3)23-24-47(29-45)30-46(43,47)4)26-42(28-41)51(39-18-10-35(48)11-19-39)40-20-12-36(49)13-21-40/h5-22,25-28H,23-24,29-30H2,1-4H3. The number of halogens is 2. The number of anilines is 6. The van der Waals surface area contributed by atoms with E-state index in [4.69, 9.17) is 0 Å². The molecular weight excluding hydrogens is 752 g/mol. The van der Waals surface area contributed by atoms with Crippen LogP contribution in [0.2, 0.25) is 0 Å². The van der Waals surface area contributed by atoms with E-state index in [1.807, 2.05) is 0 Å². The van der Waals surface area contributed by atoms with Crippen LogP contribution in [-0.4, -0.2) is 0 Å². The summed E-state index contributed by atoms with van der Waals surface area (Å²) in [6, 6.07) is 49.7. The molecule has 3 unspecified atom stereocenters. The molecule has 0 amide bonds. The molecule has 3 aliphatic carbocycles. The molecule has 1 spiro atoms. The maximum absolute atomic E-state index is 3.68. The van der Waals surface area contributed by atoms with Crippen molar-refractivity contribution >= 4 is 66.0 Å². The first-order chi connectivity index (χ1) is 24.5. The lowest BCUT2D eigenvalue weighted by molar-refractivity contribution is 0.367. The molecule has 0 aromatic heterocycles. The van der Waals surface area contributed by atoms with Gasteiger partial charge >= 0.3 is 0 Å². The third kappa shape index (κ3) is 5.49. The molecule has 6 aromatic rings. The summed E-state index contributed by atoms with van der Waals surface area (Å²) in [6.07, 6.45) is 5.33. The summed E-state index contributed by atoms with van der Waals surface area (Å²) in [4.78, 5) is 4.79. The van der Waals surface area contributed by atoms with Crippen molar-refractivity contribution in [2.24, 2.45) is 5.41 Å². The Morgan fingerprint density at radius 3 is 1.41 bits per heavy atom. The fraction of sp³-hybridized carbons (Fsp3) is 0.234. The molecule has 0 radical (unpaired) electrons. The van der Waals surface area contributed by atoms with E-state index in [9.17, 15) is 0 Å². The Morgan fingerprint density at radius 1 is 0.451 bits per heavy atom. The molecule has 3 aliphatic rings. The lowest BCUT2D eigenvalue weighted by Gasteiger charge is -2.36. The second kappa shape index (κ2) is 12.0. The Bertz CT molecular complexity index is 2070. The van der Waals surface area contributed by atoms with Crippen LogP contribution in [0.1, 0.15) is 61.8 Å². The zero-order valence-corrected chi connectivity index (χ0v) is 32.9. The Labute approximate surface area is 319 Å². The van der Waals surface area contributed by atoms with Crippen LogP contribution >= 0.6 is 31.9 Å². The molecule has 9 rings (SSSR count). The normalized spacial score (nSPS) is 22.6. The van der Waals surface area contributed by atoms with Crippen LogP contribution < -0.4 is 9.80 Å². The van der Waals surface area contributed by atoms with Crippen LogP contribution in [0.5, 0.6) is 0 Å². The first-order valence-electron chi connectivity index (χ1n) is 18.1. The van der Waals surface area contributed by atoms with Crippen molar-refractivity contribution in [3.8, 4) is 11.1 Å². The van der Waals surface area contributed by atoms with E-state index in [-0.39, 0.29) is 5.41 Å². The molecule has 4 heteroatoms. The van der Waals surface area contributed by atoms with Gasteiger partial charge in [-0.3, -0.25) is 0 Å². The molecule has 51 heavy (non-hydrogen) atoms. The van der Waals surface area contributed by atoms with Crippen molar-refractivity contribution in [2.75, 3.05) is 9.80 Å². The van der Waals surface area contributed by atoms with Crippen LogP contribution in [0.4, 0.5) is 34.1 Å². The molecule has 0 saturated heterocycles. The highest BCUT2D eigenvalue weighted by atomic mass is 79.9. The van der Waals surface area contributed by atoms with Gasteiger partial charge < -0.3 is 9.80 Å². The SMILES string of the molecule is Cc1ccc(N(c2ccc(C)cc2)c2cc(-c3ccc4c(c3)C3(C)CCC5(C3)CC45C)cc(N(c3ccc(Br)cc3)c3ccc(Br)cc3)c2)cc1. The predicted octanol–water partition coefficient (Wildman–Crippen LogP) is 14.5. The Hall–Kier alpha value is -4.12. The molecule has 2 saturated carbocycles. The highest BCUT2D eigenvalue weighted by molar-refractivity contribution is 9.10. The van der Waals surface area contributed by atoms with E-state index >= 15 is 0 Å². The third-order valence-corrected chi connectivity index (χ3v) is 13.4. The fourth-order valence-electron chi connectivity index (χ4n) is 9.49. The Kier molecular flexibility index (Phi) is 7.69. The van der Waals surface area contributed by atoms with Gasteiger partial charge in [-0.05, 0) is 169 Å². The van der Waals surface area contributed by atoms with Crippen molar-refractivity contribution < 1.29 is 0 Å². The number of hydrogen-bond donors (Lipinski definition) is 0. The van der Waals surface area contributed by atoms with Crippen LogP contribution in [0, 0.1) is 19.3 Å². The molecule has 2 fully saturated rings. The van der Waals surface area contributed by atoms with Gasteiger partial charge in [-0.1, -0.05) is 99.3 Å². The summed E-state index contributed by atoms with van der Waals surface area (Å²) >= 11 is 7.36. The molecular formula is C47H42Br2N2. The molecule has 2 nitrogen and oxygen atoms in total. The lowest BCUT2D eigenvalue weighted by atomic mass is 9.68. The van der Waals surface area contributed by atoms with Gasteiger partial charge in [0.15, 0.2) is 0 Å². The minimum Gasteiger partial charge on any atom is -0.310 e. The fourth-order valence-corrected chi connectivity index (χ4v) is 10.0. The maximum atomic E-state index is 3.68. The van der Waals surface area contributed by atoms with E-state index in [2.05, 4.69) is 203 Å². The quantitative estimate of drug-likeness (QED) is 0.159. The van der Waals surface area contributed by atoms with E-state index in [0.717, 1.165) is 43.1 Å². The highest BCUT2D eigenvalue weighted by Crippen LogP contribution is 2.79. The van der Waals surface area contributed by atoms with Crippen LogP contribution in [0.15, 0.2) is 142 Å². The van der Waals surface area contributed by atoms with Crippen LogP contribution in [0.25, 0.3) is 11.1 Å². The Balaban J connectivity index is 1.29. The number of rotatable bonds is 7. The van der Waals surface area contributed by atoms with E-state index in [1.165, 1.54) is 47.9 Å². The van der Waals surface area contributed by atoms with Gasteiger partial charge in [0, 0.05) is 43.1 Å².